The summed E-state index contributed by atoms with van der Waals surface area (Å²) in [5.74, 6) is -2.22. The average molecular weight is 449 g/mol. The molecule has 2 amide bonds. The molecule has 7 nitrogen and oxygen atoms in total. The molecular weight excluding hydrogens is 421 g/mol. The molecule has 1 aromatic heterocycles. The molecule has 2 fully saturated rings. The summed E-state index contributed by atoms with van der Waals surface area (Å²) in [5, 5.41) is 4.06. The van der Waals surface area contributed by atoms with Crippen molar-refractivity contribution >= 4 is 21.5 Å². The predicted octanol–water partition coefficient (Wildman–Crippen LogP) is 2.87. The van der Waals surface area contributed by atoms with Crippen LogP contribution in [0.1, 0.15) is 38.5 Å². The number of rotatable bonds is 4. The minimum absolute atomic E-state index is 0.0639. The molecule has 1 saturated heterocycles. The van der Waals surface area contributed by atoms with Crippen LogP contribution in [0.2, 0.25) is 0 Å². The van der Waals surface area contributed by atoms with Gasteiger partial charge in [-0.15, -0.1) is 0 Å². The number of amides is 2. The van der Waals surface area contributed by atoms with Gasteiger partial charge in [0.15, 0.2) is 0 Å². The first-order valence-electron chi connectivity index (χ1n) is 10.2. The summed E-state index contributed by atoms with van der Waals surface area (Å²) in [6.07, 6.45) is 0.00940. The van der Waals surface area contributed by atoms with Gasteiger partial charge in [0.1, 0.15) is 0 Å². The first kappa shape index (κ1) is 22.8. The number of halogens is 3. The van der Waals surface area contributed by atoms with E-state index in [2.05, 4.69) is 9.46 Å². The maximum absolute atomic E-state index is 13.1. The Bertz CT molecular complexity index is 855. The third-order valence-electron chi connectivity index (χ3n) is 5.83. The molecule has 0 radical (unpaired) electrons. The van der Waals surface area contributed by atoms with Crippen LogP contribution in [0.15, 0.2) is 22.8 Å². The second kappa shape index (κ2) is 9.49. The van der Waals surface area contributed by atoms with E-state index in [0.717, 1.165) is 0 Å². The number of hydrogen-bond donors (Lipinski definition) is 0. The maximum Gasteiger partial charge on any atom is 0.391 e. The lowest BCUT2D eigenvalue weighted by Crippen LogP contribution is -2.34. The average Bonchev–Trinajstić information content (AvgIpc) is 3.14. The van der Waals surface area contributed by atoms with Crippen LogP contribution in [0.25, 0.3) is 0 Å². The van der Waals surface area contributed by atoms with Gasteiger partial charge in [0, 0.05) is 55.9 Å². The fourth-order valence-corrected chi connectivity index (χ4v) is 5.95. The lowest BCUT2D eigenvalue weighted by atomic mass is 9.81. The van der Waals surface area contributed by atoms with Crippen molar-refractivity contribution in [2.45, 2.75) is 51.2 Å². The Labute approximate surface area is 174 Å². The van der Waals surface area contributed by atoms with Gasteiger partial charge in [0.25, 0.3) is 5.91 Å². The van der Waals surface area contributed by atoms with Crippen molar-refractivity contribution in [1.82, 2.24) is 14.7 Å². The van der Waals surface area contributed by atoms with Crippen LogP contribution in [-0.4, -0.2) is 61.5 Å². The van der Waals surface area contributed by atoms with Crippen LogP contribution in [0.5, 0.6) is 0 Å². The number of alkyl halides is 3. The SMILES string of the molecule is O=C(N=S1(=O)CCCN(C(=O)CCn2cccn2)CC1)C1CCC(C(F)(F)F)CC1. The van der Waals surface area contributed by atoms with Crippen molar-refractivity contribution < 1.29 is 27.0 Å². The molecule has 3 rings (SSSR count). The summed E-state index contributed by atoms with van der Waals surface area (Å²) in [7, 11) is -2.80. The Morgan fingerprint density at radius 2 is 1.87 bits per heavy atom. The Morgan fingerprint density at radius 3 is 2.50 bits per heavy atom. The van der Waals surface area contributed by atoms with E-state index in [1.165, 1.54) is 0 Å². The van der Waals surface area contributed by atoms with Gasteiger partial charge in [-0.25, -0.2) is 4.21 Å². The van der Waals surface area contributed by atoms with Gasteiger partial charge in [-0.2, -0.15) is 22.6 Å². The van der Waals surface area contributed by atoms with Gasteiger partial charge in [-0.3, -0.25) is 14.3 Å². The van der Waals surface area contributed by atoms with Gasteiger partial charge < -0.3 is 4.90 Å². The third-order valence-corrected chi connectivity index (χ3v) is 8.09. The van der Waals surface area contributed by atoms with E-state index in [4.69, 9.17) is 0 Å². The Hall–Kier alpha value is -1.91. The molecule has 1 aliphatic heterocycles. The minimum atomic E-state index is -4.23. The largest absolute Gasteiger partial charge is 0.391 e. The maximum atomic E-state index is 13.1. The molecule has 1 saturated carbocycles. The van der Waals surface area contributed by atoms with Crippen LogP contribution in [0.3, 0.4) is 0 Å². The molecule has 11 heteroatoms. The van der Waals surface area contributed by atoms with Gasteiger partial charge >= 0.3 is 6.18 Å². The molecule has 1 aromatic rings. The fourth-order valence-electron chi connectivity index (χ4n) is 4.00. The molecule has 1 atom stereocenters. The number of aryl methyl sites for hydroxylation is 1. The number of carbonyl (C=O) groups excluding carboxylic acids is 2. The predicted molar refractivity (Wildman–Crippen MR) is 105 cm³/mol. The normalized spacial score (nSPS) is 28.0. The zero-order valence-electron chi connectivity index (χ0n) is 16.7. The number of hydrogen-bond acceptors (Lipinski definition) is 4. The molecule has 2 aliphatic rings. The van der Waals surface area contributed by atoms with Crippen molar-refractivity contribution in [2.24, 2.45) is 16.2 Å². The van der Waals surface area contributed by atoms with Crippen molar-refractivity contribution in [3.8, 4) is 0 Å². The van der Waals surface area contributed by atoms with Gasteiger partial charge in [-0.1, -0.05) is 0 Å². The van der Waals surface area contributed by atoms with Crippen LogP contribution in [-0.2, 0) is 25.9 Å². The van der Waals surface area contributed by atoms with Gasteiger partial charge in [0.2, 0.25) is 5.91 Å². The van der Waals surface area contributed by atoms with E-state index in [1.54, 1.807) is 28.0 Å². The van der Waals surface area contributed by atoms with Crippen LogP contribution >= 0.6 is 0 Å². The lowest BCUT2D eigenvalue weighted by molar-refractivity contribution is -0.184. The summed E-state index contributed by atoms with van der Waals surface area (Å²) in [5.41, 5.74) is 0. The Balaban J connectivity index is 1.53. The smallest absolute Gasteiger partial charge is 0.342 e. The standard InChI is InChI=1S/C19H27F3N4O3S/c20-19(21,22)16-5-3-15(4-6-16)18(28)24-30(29)13-2-9-25(12-14-30)17(27)7-11-26-10-1-8-23-26/h1,8,10,15-16H,2-7,9,11-14H2. The van der Waals surface area contributed by atoms with E-state index in [1.807, 2.05) is 0 Å². The van der Waals surface area contributed by atoms with E-state index >= 15 is 0 Å². The number of nitrogens with zero attached hydrogens (tertiary/aromatic N) is 4. The summed E-state index contributed by atoms with van der Waals surface area (Å²) in [6.45, 7) is 1.17. The zero-order valence-corrected chi connectivity index (χ0v) is 17.5. The first-order valence-corrected chi connectivity index (χ1v) is 12.1. The van der Waals surface area contributed by atoms with Crippen LogP contribution in [0, 0.1) is 11.8 Å². The molecule has 1 unspecified atom stereocenters. The molecule has 2 heterocycles. The van der Waals surface area contributed by atoms with E-state index in [0.29, 0.717) is 19.5 Å². The second-order valence-electron chi connectivity index (χ2n) is 7.95. The fraction of sp³-hybridized carbons (Fsp3) is 0.737. The van der Waals surface area contributed by atoms with Crippen molar-refractivity contribution in [2.75, 3.05) is 24.6 Å². The highest BCUT2D eigenvalue weighted by Crippen LogP contribution is 2.39. The molecular formula is C19H27F3N4O3S. The molecule has 0 aromatic carbocycles. The van der Waals surface area contributed by atoms with Crippen molar-refractivity contribution in [1.29, 1.82) is 0 Å². The van der Waals surface area contributed by atoms with Crippen molar-refractivity contribution in [3.63, 3.8) is 0 Å². The monoisotopic (exact) mass is 448 g/mol. The number of carbonyl (C=O) groups is 2. The molecule has 0 spiro atoms. The molecule has 30 heavy (non-hydrogen) atoms. The lowest BCUT2D eigenvalue weighted by Gasteiger charge is -2.28. The summed E-state index contributed by atoms with van der Waals surface area (Å²) in [4.78, 5) is 26.6. The van der Waals surface area contributed by atoms with Crippen LogP contribution < -0.4 is 0 Å². The van der Waals surface area contributed by atoms with E-state index < -0.39 is 33.6 Å². The highest BCUT2D eigenvalue weighted by Gasteiger charge is 2.42. The first-order chi connectivity index (χ1) is 14.2. The highest BCUT2D eigenvalue weighted by atomic mass is 32.2. The second-order valence-corrected chi connectivity index (χ2v) is 10.5. The third kappa shape index (κ3) is 6.05. The van der Waals surface area contributed by atoms with Crippen LogP contribution in [0.4, 0.5) is 13.2 Å². The molecule has 168 valence electrons. The summed E-state index contributed by atoms with van der Waals surface area (Å²) < 4.78 is 57.1. The summed E-state index contributed by atoms with van der Waals surface area (Å²) >= 11 is 0. The van der Waals surface area contributed by atoms with E-state index in [-0.39, 0.29) is 56.1 Å². The Morgan fingerprint density at radius 1 is 1.13 bits per heavy atom. The molecule has 1 aliphatic carbocycles. The Kier molecular flexibility index (Phi) is 7.20. The van der Waals surface area contributed by atoms with E-state index in [9.17, 15) is 27.0 Å². The zero-order chi connectivity index (χ0) is 21.8. The molecule has 0 N–H and O–H groups in total. The highest BCUT2D eigenvalue weighted by molar-refractivity contribution is 7.93. The number of aromatic nitrogens is 2. The molecule has 0 bridgehead atoms. The minimum Gasteiger partial charge on any atom is -0.342 e. The topological polar surface area (TPSA) is 84.6 Å². The van der Waals surface area contributed by atoms with Gasteiger partial charge in [0.05, 0.1) is 15.6 Å². The van der Waals surface area contributed by atoms with Gasteiger partial charge in [-0.05, 0) is 38.2 Å². The summed E-state index contributed by atoms with van der Waals surface area (Å²) in [6, 6.07) is 1.78. The van der Waals surface area contributed by atoms with Crippen molar-refractivity contribution in [3.05, 3.63) is 18.5 Å². The quantitative estimate of drug-likeness (QED) is 0.709.